The lowest BCUT2D eigenvalue weighted by Gasteiger charge is -2.29. The van der Waals surface area contributed by atoms with Crippen LogP contribution in [0.25, 0.3) is 0 Å². The third-order valence-electron chi connectivity index (χ3n) is 4.59. The van der Waals surface area contributed by atoms with Crippen molar-refractivity contribution in [2.45, 2.75) is 33.2 Å². The van der Waals surface area contributed by atoms with Gasteiger partial charge in [-0.3, -0.25) is 4.79 Å². The first kappa shape index (κ1) is 15.1. The van der Waals surface area contributed by atoms with Gasteiger partial charge >= 0.3 is 12.0 Å². The van der Waals surface area contributed by atoms with E-state index in [2.05, 4.69) is 19.2 Å². The summed E-state index contributed by atoms with van der Waals surface area (Å²) < 4.78 is 5.23. The molecule has 0 aromatic heterocycles. The van der Waals surface area contributed by atoms with Crippen molar-refractivity contribution in [3.8, 4) is 0 Å². The summed E-state index contributed by atoms with van der Waals surface area (Å²) in [6.45, 7) is 7.86. The Morgan fingerprint density at radius 1 is 1.40 bits per heavy atom. The van der Waals surface area contributed by atoms with Gasteiger partial charge in [0, 0.05) is 13.1 Å². The SMILES string of the molecule is CCN(C(=O)NCC1CC1(C)C)C1COCC1C(=O)O. The molecule has 114 valence electrons. The van der Waals surface area contributed by atoms with E-state index in [0.717, 1.165) is 6.42 Å². The van der Waals surface area contributed by atoms with Crippen molar-refractivity contribution in [2.24, 2.45) is 17.3 Å². The Bertz CT molecular complexity index is 397. The molecule has 1 saturated carbocycles. The molecular formula is C14H24N2O4. The lowest BCUT2D eigenvalue weighted by atomic mass is 10.0. The number of carboxylic acids is 1. The highest BCUT2D eigenvalue weighted by molar-refractivity contribution is 5.77. The average molecular weight is 284 g/mol. The summed E-state index contributed by atoms with van der Waals surface area (Å²) in [4.78, 5) is 25.0. The second-order valence-electron chi connectivity index (χ2n) is 6.41. The van der Waals surface area contributed by atoms with Gasteiger partial charge < -0.3 is 20.1 Å². The predicted molar refractivity (Wildman–Crippen MR) is 73.4 cm³/mol. The molecule has 0 bridgehead atoms. The molecule has 6 nitrogen and oxygen atoms in total. The van der Waals surface area contributed by atoms with Crippen LogP contribution in [0.15, 0.2) is 0 Å². The molecule has 2 fully saturated rings. The molecule has 0 aromatic carbocycles. The number of nitrogens with one attached hydrogen (secondary N) is 1. The molecule has 3 atom stereocenters. The van der Waals surface area contributed by atoms with Crippen LogP contribution in [-0.4, -0.2) is 54.4 Å². The molecule has 3 unspecified atom stereocenters. The van der Waals surface area contributed by atoms with Crippen molar-refractivity contribution in [1.82, 2.24) is 10.2 Å². The molecule has 1 aliphatic carbocycles. The summed E-state index contributed by atoms with van der Waals surface area (Å²) >= 11 is 0. The summed E-state index contributed by atoms with van der Waals surface area (Å²) in [5, 5.41) is 12.1. The van der Waals surface area contributed by atoms with Crippen LogP contribution >= 0.6 is 0 Å². The molecule has 6 heteroatoms. The van der Waals surface area contributed by atoms with E-state index in [1.54, 1.807) is 4.90 Å². The molecule has 1 saturated heterocycles. The molecular weight excluding hydrogens is 260 g/mol. The van der Waals surface area contributed by atoms with Crippen molar-refractivity contribution in [2.75, 3.05) is 26.3 Å². The quantitative estimate of drug-likeness (QED) is 0.794. The van der Waals surface area contributed by atoms with Crippen molar-refractivity contribution >= 4 is 12.0 Å². The Morgan fingerprint density at radius 3 is 2.55 bits per heavy atom. The van der Waals surface area contributed by atoms with E-state index in [0.29, 0.717) is 31.0 Å². The number of hydrogen-bond donors (Lipinski definition) is 2. The summed E-state index contributed by atoms with van der Waals surface area (Å²) in [5.41, 5.74) is 0.324. The van der Waals surface area contributed by atoms with Gasteiger partial charge in [-0.15, -0.1) is 0 Å². The van der Waals surface area contributed by atoms with E-state index in [1.807, 2.05) is 6.92 Å². The lowest BCUT2D eigenvalue weighted by Crippen LogP contribution is -2.50. The molecule has 2 rings (SSSR count). The number of aliphatic carboxylic acids is 1. The summed E-state index contributed by atoms with van der Waals surface area (Å²) in [6.07, 6.45) is 1.13. The van der Waals surface area contributed by atoms with Gasteiger partial charge in [0.15, 0.2) is 0 Å². The van der Waals surface area contributed by atoms with Gasteiger partial charge in [-0.05, 0) is 24.7 Å². The van der Waals surface area contributed by atoms with E-state index >= 15 is 0 Å². The van der Waals surface area contributed by atoms with Gasteiger partial charge in [0.1, 0.15) is 5.92 Å². The first-order valence-corrected chi connectivity index (χ1v) is 7.22. The van der Waals surface area contributed by atoms with Crippen LogP contribution in [0.3, 0.4) is 0 Å². The highest BCUT2D eigenvalue weighted by Crippen LogP contribution is 2.50. The number of hydrogen-bond acceptors (Lipinski definition) is 3. The molecule has 20 heavy (non-hydrogen) atoms. The lowest BCUT2D eigenvalue weighted by molar-refractivity contribution is -0.142. The minimum atomic E-state index is -0.901. The van der Waals surface area contributed by atoms with Crippen LogP contribution in [0, 0.1) is 17.3 Å². The van der Waals surface area contributed by atoms with Crippen molar-refractivity contribution in [3.63, 3.8) is 0 Å². The third-order valence-corrected chi connectivity index (χ3v) is 4.59. The van der Waals surface area contributed by atoms with Crippen LogP contribution in [0.1, 0.15) is 27.2 Å². The van der Waals surface area contributed by atoms with Gasteiger partial charge in [0.05, 0.1) is 19.3 Å². The molecule has 2 amide bonds. The van der Waals surface area contributed by atoms with E-state index in [1.165, 1.54) is 0 Å². The van der Waals surface area contributed by atoms with Crippen LogP contribution < -0.4 is 5.32 Å². The molecule has 2 N–H and O–H groups in total. The third kappa shape index (κ3) is 3.06. The Kier molecular flexibility index (Phi) is 4.22. The fraction of sp³-hybridized carbons (Fsp3) is 0.857. The van der Waals surface area contributed by atoms with Crippen molar-refractivity contribution in [3.05, 3.63) is 0 Å². The van der Waals surface area contributed by atoms with Crippen LogP contribution in [0.2, 0.25) is 0 Å². The zero-order chi connectivity index (χ0) is 14.9. The van der Waals surface area contributed by atoms with Crippen molar-refractivity contribution in [1.29, 1.82) is 0 Å². The Labute approximate surface area is 119 Å². The van der Waals surface area contributed by atoms with E-state index in [-0.39, 0.29) is 18.7 Å². The van der Waals surface area contributed by atoms with Gasteiger partial charge in [-0.25, -0.2) is 4.79 Å². The summed E-state index contributed by atoms with van der Waals surface area (Å²) in [6, 6.07) is -0.554. The van der Waals surface area contributed by atoms with Crippen LogP contribution in [0.5, 0.6) is 0 Å². The predicted octanol–water partition coefficient (Wildman–Crippen LogP) is 1.16. The zero-order valence-corrected chi connectivity index (χ0v) is 12.4. The maximum Gasteiger partial charge on any atom is 0.317 e. The Hall–Kier alpha value is -1.30. The average Bonchev–Trinajstić information content (AvgIpc) is 2.77. The number of urea groups is 1. The summed E-state index contributed by atoms with van der Waals surface area (Å²) in [7, 11) is 0. The number of likely N-dealkylation sites (N-methyl/N-ethyl adjacent to an activating group) is 1. The van der Waals surface area contributed by atoms with Gasteiger partial charge in [-0.1, -0.05) is 13.8 Å². The van der Waals surface area contributed by atoms with E-state index in [4.69, 9.17) is 9.84 Å². The van der Waals surface area contributed by atoms with Gasteiger partial charge in [0.25, 0.3) is 0 Å². The number of ether oxygens (including phenoxy) is 1. The Balaban J connectivity index is 1.90. The second-order valence-corrected chi connectivity index (χ2v) is 6.41. The minimum absolute atomic E-state index is 0.180. The van der Waals surface area contributed by atoms with Crippen LogP contribution in [0.4, 0.5) is 4.79 Å². The van der Waals surface area contributed by atoms with E-state index in [9.17, 15) is 9.59 Å². The molecule has 2 aliphatic rings. The fourth-order valence-electron chi connectivity index (χ4n) is 2.85. The molecule has 0 aromatic rings. The zero-order valence-electron chi connectivity index (χ0n) is 12.4. The normalized spacial score (nSPS) is 30.9. The highest BCUT2D eigenvalue weighted by atomic mass is 16.5. The van der Waals surface area contributed by atoms with Crippen LogP contribution in [-0.2, 0) is 9.53 Å². The summed E-state index contributed by atoms with van der Waals surface area (Å²) in [5.74, 6) is -1.000. The maximum absolute atomic E-state index is 12.2. The minimum Gasteiger partial charge on any atom is -0.481 e. The smallest absolute Gasteiger partial charge is 0.317 e. The monoisotopic (exact) mass is 284 g/mol. The Morgan fingerprint density at radius 2 is 2.05 bits per heavy atom. The highest BCUT2D eigenvalue weighted by Gasteiger charge is 2.46. The number of carboxylic acid groups (broad SMARTS) is 1. The largest absolute Gasteiger partial charge is 0.481 e. The van der Waals surface area contributed by atoms with Crippen molar-refractivity contribution < 1.29 is 19.4 Å². The fourth-order valence-corrected chi connectivity index (χ4v) is 2.85. The van der Waals surface area contributed by atoms with Gasteiger partial charge in [-0.2, -0.15) is 0 Å². The first-order valence-electron chi connectivity index (χ1n) is 7.22. The number of rotatable bonds is 5. The second kappa shape index (κ2) is 5.60. The van der Waals surface area contributed by atoms with E-state index < -0.39 is 11.9 Å². The number of nitrogens with zero attached hydrogens (tertiary/aromatic N) is 1. The molecule has 1 heterocycles. The first-order chi connectivity index (χ1) is 9.36. The van der Waals surface area contributed by atoms with Gasteiger partial charge in [0.2, 0.25) is 0 Å². The molecule has 0 spiro atoms. The molecule has 1 aliphatic heterocycles. The topological polar surface area (TPSA) is 78.9 Å². The number of amides is 2. The standard InChI is InChI=1S/C14H24N2O4/c1-4-16(11-8-20-7-10(11)12(17)18)13(19)15-6-9-5-14(9,2)3/h9-11H,4-8H2,1-3H3,(H,15,19)(H,17,18). The maximum atomic E-state index is 12.2. The molecule has 0 radical (unpaired) electrons. The number of carbonyl (C=O) groups excluding carboxylic acids is 1. The number of carbonyl (C=O) groups is 2.